The Bertz CT molecular complexity index is 1210. The predicted octanol–water partition coefficient (Wildman–Crippen LogP) is 4.63. The lowest BCUT2D eigenvalue weighted by Gasteiger charge is -2.04. The highest BCUT2D eigenvalue weighted by molar-refractivity contribution is 7.99. The average molecular weight is 397 g/mol. The summed E-state index contributed by atoms with van der Waals surface area (Å²) in [6.07, 6.45) is 3.55. The molecule has 0 bridgehead atoms. The second-order valence-corrected chi connectivity index (χ2v) is 8.76. The number of thiophene rings is 2. The van der Waals surface area contributed by atoms with Crippen molar-refractivity contribution in [3.63, 3.8) is 0 Å². The van der Waals surface area contributed by atoms with Gasteiger partial charge < -0.3 is 0 Å². The second kappa shape index (κ2) is 6.11. The van der Waals surface area contributed by atoms with Crippen LogP contribution < -0.4 is 0 Å². The number of aromatic nitrogens is 6. The summed E-state index contributed by atoms with van der Waals surface area (Å²) in [5.41, 5.74) is 1.21. The van der Waals surface area contributed by atoms with Crippen molar-refractivity contribution in [1.29, 1.82) is 0 Å². The van der Waals surface area contributed by atoms with Gasteiger partial charge in [-0.25, -0.2) is 19.5 Å². The zero-order chi connectivity index (χ0) is 17.7. The first-order valence-electron chi connectivity index (χ1n) is 7.86. The lowest BCUT2D eigenvalue weighted by atomic mass is 10.2. The van der Waals surface area contributed by atoms with Gasteiger partial charge in [-0.15, -0.1) is 27.8 Å². The summed E-state index contributed by atoms with van der Waals surface area (Å²) in [6, 6.07) is 5.89. The molecule has 5 aromatic heterocycles. The van der Waals surface area contributed by atoms with Crippen molar-refractivity contribution in [3.8, 4) is 10.7 Å². The Hall–Kier alpha value is -2.36. The summed E-state index contributed by atoms with van der Waals surface area (Å²) in [6.45, 7) is 4.24. The minimum atomic E-state index is 0.581. The first kappa shape index (κ1) is 15.9. The maximum atomic E-state index is 4.84. The molecule has 0 amide bonds. The third-order valence-corrected chi connectivity index (χ3v) is 6.83. The molecule has 26 heavy (non-hydrogen) atoms. The fourth-order valence-corrected chi connectivity index (χ4v) is 5.31. The molecule has 6 nitrogen and oxygen atoms in total. The molecule has 9 heteroatoms. The van der Waals surface area contributed by atoms with Crippen LogP contribution in [0.1, 0.15) is 10.4 Å². The van der Waals surface area contributed by atoms with E-state index >= 15 is 0 Å². The fourth-order valence-electron chi connectivity index (χ4n) is 2.65. The molecule has 0 fully saturated rings. The first-order valence-corrected chi connectivity index (χ1v) is 10.4. The van der Waals surface area contributed by atoms with Crippen molar-refractivity contribution < 1.29 is 0 Å². The van der Waals surface area contributed by atoms with E-state index in [0.717, 1.165) is 25.9 Å². The molecular formula is C17H12N6S3. The van der Waals surface area contributed by atoms with Crippen LogP contribution in [0, 0.1) is 13.8 Å². The third kappa shape index (κ3) is 2.59. The fraction of sp³-hybridized carbons (Fsp3) is 0.118. The van der Waals surface area contributed by atoms with Crippen molar-refractivity contribution in [3.05, 3.63) is 46.4 Å². The van der Waals surface area contributed by atoms with Crippen LogP contribution in [0.15, 0.2) is 46.2 Å². The minimum absolute atomic E-state index is 0.581. The van der Waals surface area contributed by atoms with Crippen molar-refractivity contribution in [2.24, 2.45) is 0 Å². The lowest BCUT2D eigenvalue weighted by Crippen LogP contribution is -1.92. The van der Waals surface area contributed by atoms with Gasteiger partial charge in [0.05, 0.1) is 4.88 Å². The van der Waals surface area contributed by atoms with Gasteiger partial charge in [-0.2, -0.15) is 4.98 Å². The van der Waals surface area contributed by atoms with Crippen LogP contribution in [0.2, 0.25) is 0 Å². The molecule has 0 aliphatic heterocycles. The standard InChI is InChI=1S/C17H12N6S3/c1-9-10(2)25-14-12(9)15(20-13(19-14)11-5-3-8-24-11)26-17-21-16-18-6-4-7-23(16)22-17/h3-8H,1-2H3. The molecule has 128 valence electrons. The topological polar surface area (TPSA) is 68.9 Å². The van der Waals surface area contributed by atoms with E-state index < -0.39 is 0 Å². The smallest absolute Gasteiger partial charge is 0.220 e. The molecule has 0 aromatic carbocycles. The van der Waals surface area contributed by atoms with Crippen LogP contribution in [0.3, 0.4) is 0 Å². The highest BCUT2D eigenvalue weighted by atomic mass is 32.2. The Balaban J connectivity index is 1.69. The van der Waals surface area contributed by atoms with Gasteiger partial charge in [-0.05, 0) is 48.7 Å². The molecular weight excluding hydrogens is 384 g/mol. The van der Waals surface area contributed by atoms with E-state index in [1.165, 1.54) is 22.2 Å². The normalized spacial score (nSPS) is 11.6. The maximum absolute atomic E-state index is 4.84. The molecule has 5 aromatic rings. The van der Waals surface area contributed by atoms with Gasteiger partial charge in [0.1, 0.15) is 9.86 Å². The summed E-state index contributed by atoms with van der Waals surface area (Å²) in [4.78, 5) is 21.7. The highest BCUT2D eigenvalue weighted by Gasteiger charge is 2.18. The number of hydrogen-bond donors (Lipinski definition) is 0. The highest BCUT2D eigenvalue weighted by Crippen LogP contribution is 2.38. The Morgan fingerprint density at radius 3 is 2.85 bits per heavy atom. The van der Waals surface area contributed by atoms with Crippen LogP contribution in [-0.4, -0.2) is 29.5 Å². The largest absolute Gasteiger partial charge is 0.253 e. The molecule has 5 rings (SSSR count). The Morgan fingerprint density at radius 1 is 1.12 bits per heavy atom. The molecule has 0 aliphatic rings. The van der Waals surface area contributed by atoms with Crippen molar-refractivity contribution in [1.82, 2.24) is 29.5 Å². The van der Waals surface area contributed by atoms with Crippen LogP contribution in [0.5, 0.6) is 0 Å². The third-order valence-electron chi connectivity index (χ3n) is 4.02. The molecule has 0 atom stereocenters. The number of fused-ring (bicyclic) bond motifs is 2. The Morgan fingerprint density at radius 2 is 2.04 bits per heavy atom. The van der Waals surface area contributed by atoms with Crippen molar-refractivity contribution in [2.75, 3.05) is 0 Å². The monoisotopic (exact) mass is 396 g/mol. The van der Waals surface area contributed by atoms with Crippen LogP contribution in [-0.2, 0) is 0 Å². The van der Waals surface area contributed by atoms with Gasteiger partial charge in [-0.3, -0.25) is 0 Å². The zero-order valence-corrected chi connectivity index (χ0v) is 16.3. The lowest BCUT2D eigenvalue weighted by molar-refractivity contribution is 0.878. The maximum Gasteiger partial charge on any atom is 0.253 e. The van der Waals surface area contributed by atoms with Gasteiger partial charge in [-0.1, -0.05) is 6.07 Å². The number of hydrogen-bond acceptors (Lipinski definition) is 8. The average Bonchev–Trinajstić information content (AvgIpc) is 3.35. The van der Waals surface area contributed by atoms with Gasteiger partial charge in [0, 0.05) is 22.7 Å². The second-order valence-electron chi connectivity index (χ2n) is 5.65. The number of rotatable bonds is 3. The van der Waals surface area contributed by atoms with E-state index in [0.29, 0.717) is 10.9 Å². The van der Waals surface area contributed by atoms with E-state index in [2.05, 4.69) is 28.9 Å². The Labute approximate surface area is 161 Å². The molecule has 0 saturated heterocycles. The van der Waals surface area contributed by atoms with Gasteiger partial charge >= 0.3 is 0 Å². The van der Waals surface area contributed by atoms with E-state index in [4.69, 9.17) is 9.97 Å². The number of aryl methyl sites for hydroxylation is 2. The molecule has 5 heterocycles. The van der Waals surface area contributed by atoms with Crippen LogP contribution in [0.4, 0.5) is 0 Å². The molecule has 0 aliphatic carbocycles. The molecule has 0 unspecified atom stereocenters. The zero-order valence-electron chi connectivity index (χ0n) is 13.9. The van der Waals surface area contributed by atoms with E-state index in [1.807, 2.05) is 29.8 Å². The Kier molecular flexibility index (Phi) is 3.73. The van der Waals surface area contributed by atoms with Crippen molar-refractivity contribution >= 4 is 50.4 Å². The van der Waals surface area contributed by atoms with Gasteiger partial charge in [0.2, 0.25) is 5.16 Å². The SMILES string of the molecule is Cc1sc2nc(-c3cccs3)nc(Sc3nc4ncccn4n3)c2c1C. The summed E-state index contributed by atoms with van der Waals surface area (Å²) in [7, 11) is 0. The van der Waals surface area contributed by atoms with Crippen LogP contribution in [0.25, 0.3) is 26.7 Å². The van der Waals surface area contributed by atoms with E-state index in [9.17, 15) is 0 Å². The quantitative estimate of drug-likeness (QED) is 0.414. The van der Waals surface area contributed by atoms with E-state index in [-0.39, 0.29) is 0 Å². The number of nitrogens with zero attached hydrogens (tertiary/aromatic N) is 6. The first-order chi connectivity index (χ1) is 12.7. The molecule has 0 radical (unpaired) electrons. The van der Waals surface area contributed by atoms with E-state index in [1.54, 1.807) is 33.4 Å². The van der Waals surface area contributed by atoms with Crippen LogP contribution >= 0.6 is 34.4 Å². The molecule has 0 saturated carbocycles. The molecule has 0 N–H and O–H groups in total. The predicted molar refractivity (Wildman–Crippen MR) is 105 cm³/mol. The summed E-state index contributed by atoms with van der Waals surface area (Å²) in [5.74, 6) is 1.33. The molecule has 0 spiro atoms. The van der Waals surface area contributed by atoms with Gasteiger partial charge in [0.25, 0.3) is 5.78 Å². The van der Waals surface area contributed by atoms with Crippen molar-refractivity contribution in [2.45, 2.75) is 24.0 Å². The minimum Gasteiger partial charge on any atom is -0.220 e. The van der Waals surface area contributed by atoms with Gasteiger partial charge in [0.15, 0.2) is 5.82 Å². The summed E-state index contributed by atoms with van der Waals surface area (Å²) < 4.78 is 1.67. The summed E-state index contributed by atoms with van der Waals surface area (Å²) in [5, 5.41) is 9.13. The summed E-state index contributed by atoms with van der Waals surface area (Å²) >= 11 is 4.80.